The third kappa shape index (κ3) is 12.4. The van der Waals surface area contributed by atoms with E-state index in [1.54, 1.807) is 19.0 Å². The Morgan fingerprint density at radius 3 is 2.44 bits per heavy atom. The van der Waals surface area contributed by atoms with Gasteiger partial charge in [-0.25, -0.2) is 4.99 Å². The van der Waals surface area contributed by atoms with E-state index in [9.17, 15) is 4.79 Å². The monoisotopic (exact) mass is 469 g/mol. The third-order valence-corrected chi connectivity index (χ3v) is 3.95. The van der Waals surface area contributed by atoms with Crippen LogP contribution in [-0.2, 0) is 9.53 Å². The number of carbonyl (C=O) groups is 1. The Labute approximate surface area is 170 Å². The van der Waals surface area contributed by atoms with E-state index in [0.717, 1.165) is 58.3 Å². The van der Waals surface area contributed by atoms with Gasteiger partial charge in [0.2, 0.25) is 5.91 Å². The van der Waals surface area contributed by atoms with Crippen molar-refractivity contribution in [3.05, 3.63) is 0 Å². The minimum atomic E-state index is 0. The molecule has 7 nitrogen and oxygen atoms in total. The van der Waals surface area contributed by atoms with E-state index in [2.05, 4.69) is 34.4 Å². The van der Waals surface area contributed by atoms with Crippen molar-refractivity contribution in [3.63, 3.8) is 0 Å². The SMILES string of the molecule is CC(C)CCCNC(=NCC(=O)N(C)C)NCCN1CCOCC1.I. The van der Waals surface area contributed by atoms with Crippen LogP contribution < -0.4 is 10.6 Å². The standard InChI is InChI=1S/C17H35N5O2.HI/c1-15(2)6-5-7-18-17(20-14-16(23)21(3)4)19-8-9-22-10-12-24-13-11-22;/h15H,5-14H2,1-4H3,(H2,18,19,20);1H. The lowest BCUT2D eigenvalue weighted by atomic mass is 10.1. The fourth-order valence-corrected chi connectivity index (χ4v) is 2.34. The summed E-state index contributed by atoms with van der Waals surface area (Å²) in [6.45, 7) is 10.9. The van der Waals surface area contributed by atoms with Crippen LogP contribution in [0.1, 0.15) is 26.7 Å². The number of amides is 1. The molecule has 1 heterocycles. The molecule has 1 aliphatic heterocycles. The molecule has 1 amide bonds. The molecule has 0 saturated carbocycles. The summed E-state index contributed by atoms with van der Waals surface area (Å²) in [5.74, 6) is 1.44. The Morgan fingerprint density at radius 2 is 1.84 bits per heavy atom. The second-order valence-electron chi connectivity index (χ2n) is 6.80. The summed E-state index contributed by atoms with van der Waals surface area (Å²) in [6.07, 6.45) is 2.29. The number of guanidine groups is 1. The molecule has 2 N–H and O–H groups in total. The average Bonchev–Trinajstić information content (AvgIpc) is 2.56. The van der Waals surface area contributed by atoms with Gasteiger partial charge in [-0.2, -0.15) is 0 Å². The van der Waals surface area contributed by atoms with Crippen LogP contribution in [0.15, 0.2) is 4.99 Å². The summed E-state index contributed by atoms with van der Waals surface area (Å²) in [6, 6.07) is 0. The first-order valence-corrected chi connectivity index (χ1v) is 9.01. The maximum atomic E-state index is 11.7. The lowest BCUT2D eigenvalue weighted by molar-refractivity contribution is -0.127. The number of hydrogen-bond acceptors (Lipinski definition) is 4. The van der Waals surface area contributed by atoms with E-state index in [-0.39, 0.29) is 36.4 Å². The van der Waals surface area contributed by atoms with Gasteiger partial charge in [-0.3, -0.25) is 9.69 Å². The van der Waals surface area contributed by atoms with Gasteiger partial charge in [0.25, 0.3) is 0 Å². The van der Waals surface area contributed by atoms with Gasteiger partial charge in [0.05, 0.1) is 13.2 Å². The number of nitrogens with one attached hydrogen (secondary N) is 2. The average molecular weight is 469 g/mol. The summed E-state index contributed by atoms with van der Waals surface area (Å²) >= 11 is 0. The van der Waals surface area contributed by atoms with Crippen LogP contribution in [-0.4, -0.2) is 88.2 Å². The maximum absolute atomic E-state index is 11.7. The third-order valence-electron chi connectivity index (χ3n) is 3.95. The number of hydrogen-bond donors (Lipinski definition) is 2. The number of morpholine rings is 1. The molecule has 148 valence electrons. The topological polar surface area (TPSA) is 69.2 Å². The van der Waals surface area contributed by atoms with Crippen molar-refractivity contribution in [2.45, 2.75) is 26.7 Å². The molecule has 0 aromatic carbocycles. The first-order chi connectivity index (χ1) is 11.5. The van der Waals surface area contributed by atoms with Gasteiger partial charge < -0.3 is 20.3 Å². The van der Waals surface area contributed by atoms with Crippen LogP contribution in [0.3, 0.4) is 0 Å². The fourth-order valence-electron chi connectivity index (χ4n) is 2.34. The van der Waals surface area contributed by atoms with Gasteiger partial charge in [0, 0.05) is 46.8 Å². The summed E-state index contributed by atoms with van der Waals surface area (Å²) < 4.78 is 5.36. The van der Waals surface area contributed by atoms with Crippen LogP contribution in [0, 0.1) is 5.92 Å². The van der Waals surface area contributed by atoms with Gasteiger partial charge in [-0.05, 0) is 18.8 Å². The van der Waals surface area contributed by atoms with Crippen LogP contribution in [0.4, 0.5) is 0 Å². The van der Waals surface area contributed by atoms with Crippen molar-refractivity contribution in [3.8, 4) is 0 Å². The lowest BCUT2D eigenvalue weighted by Gasteiger charge is -2.26. The van der Waals surface area contributed by atoms with E-state index in [4.69, 9.17) is 4.74 Å². The van der Waals surface area contributed by atoms with Gasteiger partial charge >= 0.3 is 0 Å². The number of carbonyl (C=O) groups excluding carboxylic acids is 1. The van der Waals surface area contributed by atoms with Crippen molar-refractivity contribution in [1.82, 2.24) is 20.4 Å². The van der Waals surface area contributed by atoms with Crippen LogP contribution in [0.2, 0.25) is 0 Å². The molecule has 1 fully saturated rings. The Morgan fingerprint density at radius 1 is 1.20 bits per heavy atom. The maximum Gasteiger partial charge on any atom is 0.243 e. The highest BCUT2D eigenvalue weighted by atomic mass is 127. The van der Waals surface area contributed by atoms with Crippen LogP contribution >= 0.6 is 24.0 Å². The van der Waals surface area contributed by atoms with Gasteiger partial charge in [0.1, 0.15) is 6.54 Å². The van der Waals surface area contributed by atoms with Crippen LogP contribution in [0.25, 0.3) is 0 Å². The highest BCUT2D eigenvalue weighted by Crippen LogP contribution is 2.01. The van der Waals surface area contributed by atoms with Crippen molar-refractivity contribution < 1.29 is 9.53 Å². The predicted octanol–water partition coefficient (Wildman–Crippen LogP) is 0.996. The first-order valence-electron chi connectivity index (χ1n) is 9.01. The highest BCUT2D eigenvalue weighted by molar-refractivity contribution is 14.0. The molecule has 0 aliphatic carbocycles. The number of ether oxygens (including phenoxy) is 1. The van der Waals surface area contributed by atoms with E-state index in [1.807, 2.05) is 0 Å². The molecule has 1 aliphatic rings. The number of likely N-dealkylation sites (N-methyl/N-ethyl adjacent to an activating group) is 1. The predicted molar refractivity (Wildman–Crippen MR) is 114 cm³/mol. The molecule has 1 saturated heterocycles. The second kappa shape index (κ2) is 14.5. The fraction of sp³-hybridized carbons (Fsp3) is 0.882. The molecule has 1 rings (SSSR count). The van der Waals surface area contributed by atoms with E-state index in [0.29, 0.717) is 5.92 Å². The smallest absolute Gasteiger partial charge is 0.243 e. The van der Waals surface area contributed by atoms with Gasteiger partial charge in [-0.15, -0.1) is 24.0 Å². The summed E-state index contributed by atoms with van der Waals surface area (Å²) in [5, 5.41) is 6.67. The molecule has 0 radical (unpaired) electrons. The molecule has 0 unspecified atom stereocenters. The quantitative estimate of drug-likeness (QED) is 0.228. The number of aliphatic imine (C=N–C) groups is 1. The van der Waals surface area contributed by atoms with Crippen molar-refractivity contribution >= 4 is 35.8 Å². The van der Waals surface area contributed by atoms with Gasteiger partial charge in [-0.1, -0.05) is 13.8 Å². The minimum absolute atomic E-state index is 0. The number of nitrogens with zero attached hydrogens (tertiary/aromatic N) is 3. The molecular weight excluding hydrogens is 433 g/mol. The summed E-state index contributed by atoms with van der Waals surface area (Å²) in [5.41, 5.74) is 0. The Kier molecular flexibility index (Phi) is 14.2. The largest absolute Gasteiger partial charge is 0.379 e. The van der Waals surface area contributed by atoms with Gasteiger partial charge in [0.15, 0.2) is 5.96 Å². The number of rotatable bonds is 9. The molecular formula is C17H36IN5O2. The van der Waals surface area contributed by atoms with E-state index >= 15 is 0 Å². The zero-order valence-electron chi connectivity index (χ0n) is 16.2. The summed E-state index contributed by atoms with van der Waals surface area (Å²) in [7, 11) is 3.50. The molecule has 0 spiro atoms. The molecule has 0 aromatic heterocycles. The van der Waals surface area contributed by atoms with Crippen molar-refractivity contribution in [2.24, 2.45) is 10.9 Å². The minimum Gasteiger partial charge on any atom is -0.379 e. The van der Waals surface area contributed by atoms with E-state index < -0.39 is 0 Å². The number of halogens is 1. The van der Waals surface area contributed by atoms with Crippen molar-refractivity contribution in [2.75, 3.05) is 66.6 Å². The molecule has 8 heteroatoms. The molecule has 0 bridgehead atoms. The Hall–Kier alpha value is -0.610. The first kappa shape index (κ1) is 24.4. The zero-order valence-corrected chi connectivity index (χ0v) is 18.5. The molecule has 0 atom stereocenters. The van der Waals surface area contributed by atoms with Crippen LogP contribution in [0.5, 0.6) is 0 Å². The Bertz CT molecular complexity index is 385. The second-order valence-corrected chi connectivity index (χ2v) is 6.80. The summed E-state index contributed by atoms with van der Waals surface area (Å²) in [4.78, 5) is 20.1. The highest BCUT2D eigenvalue weighted by Gasteiger charge is 2.10. The molecule has 0 aromatic rings. The lowest BCUT2D eigenvalue weighted by Crippen LogP contribution is -2.45. The normalized spacial score (nSPS) is 15.6. The van der Waals surface area contributed by atoms with E-state index in [1.165, 1.54) is 6.42 Å². The molecule has 25 heavy (non-hydrogen) atoms. The zero-order chi connectivity index (χ0) is 17.8. The Balaban J connectivity index is 0.00000576. The van der Waals surface area contributed by atoms with Crippen molar-refractivity contribution in [1.29, 1.82) is 0 Å².